The summed E-state index contributed by atoms with van der Waals surface area (Å²) in [4.78, 5) is 15.2. The Morgan fingerprint density at radius 1 is 1.03 bits per heavy atom. The maximum absolute atomic E-state index is 12.0. The number of rotatable bonds is 11. The average molecular weight is 513 g/mol. The molecule has 1 unspecified atom stereocenters. The largest absolute Gasteiger partial charge is 0.490 e. The zero-order valence-corrected chi connectivity index (χ0v) is 20.7. The molecule has 1 heterocycles. The molecule has 8 heteroatoms. The van der Waals surface area contributed by atoms with Crippen molar-refractivity contribution in [3.63, 3.8) is 0 Å². The Hall–Kier alpha value is -3.19. The highest BCUT2D eigenvalue weighted by Crippen LogP contribution is 2.34. The van der Waals surface area contributed by atoms with Gasteiger partial charge in [0.05, 0.1) is 6.61 Å². The van der Waals surface area contributed by atoms with Gasteiger partial charge in [-0.3, -0.25) is 10.1 Å². The van der Waals surface area contributed by atoms with Gasteiger partial charge >= 0.3 is 5.97 Å². The summed E-state index contributed by atoms with van der Waals surface area (Å²) >= 11 is 12.6. The lowest BCUT2D eigenvalue weighted by Crippen LogP contribution is -2.38. The topological polar surface area (TPSA) is 83.6 Å². The second-order valence-electron chi connectivity index (χ2n) is 8.08. The number of hydrogen-bond donors (Lipinski definition) is 3. The molecule has 0 saturated heterocycles. The number of nitrogens with one attached hydrogen (secondary N) is 2. The molecule has 182 valence electrons. The van der Waals surface area contributed by atoms with Crippen LogP contribution in [0, 0.1) is 0 Å². The van der Waals surface area contributed by atoms with Gasteiger partial charge in [-0.2, -0.15) is 0 Å². The van der Waals surface area contributed by atoms with E-state index in [1.165, 1.54) is 0 Å². The molecule has 4 rings (SSSR count). The predicted octanol–water partition coefficient (Wildman–Crippen LogP) is 6.24. The fourth-order valence-corrected chi connectivity index (χ4v) is 4.32. The Morgan fingerprint density at radius 3 is 2.60 bits per heavy atom. The Morgan fingerprint density at radius 2 is 1.83 bits per heavy atom. The number of H-pyrrole nitrogens is 1. The molecule has 1 aromatic heterocycles. The SMILES string of the molecule is CCOc1cc(CNC(Cc2c[nH]c3ccccc23)C(=O)O)c(Cl)cc1OCc1cccc(Cl)c1. The molecule has 0 aliphatic carbocycles. The quantitative estimate of drug-likeness (QED) is 0.221. The van der Waals surface area contributed by atoms with Crippen LogP contribution in [0.3, 0.4) is 0 Å². The van der Waals surface area contributed by atoms with E-state index in [1.54, 1.807) is 18.2 Å². The third-order valence-electron chi connectivity index (χ3n) is 5.63. The molecule has 0 radical (unpaired) electrons. The van der Waals surface area contributed by atoms with Crippen molar-refractivity contribution in [3.05, 3.63) is 93.6 Å². The van der Waals surface area contributed by atoms with Crippen LogP contribution in [0.25, 0.3) is 10.9 Å². The van der Waals surface area contributed by atoms with E-state index in [2.05, 4.69) is 10.3 Å². The van der Waals surface area contributed by atoms with E-state index in [-0.39, 0.29) is 6.54 Å². The summed E-state index contributed by atoms with van der Waals surface area (Å²) in [6.07, 6.45) is 2.19. The first-order valence-corrected chi connectivity index (χ1v) is 12.0. The molecule has 0 aliphatic rings. The number of carboxylic acids is 1. The molecule has 35 heavy (non-hydrogen) atoms. The number of benzene rings is 3. The normalized spacial score (nSPS) is 12.0. The molecule has 0 aliphatic heterocycles. The number of carbonyl (C=O) groups is 1. The van der Waals surface area contributed by atoms with Gasteiger partial charge in [-0.05, 0) is 47.9 Å². The summed E-state index contributed by atoms with van der Waals surface area (Å²) in [5.41, 5.74) is 3.55. The Balaban J connectivity index is 1.48. The van der Waals surface area contributed by atoms with Crippen molar-refractivity contribution in [2.24, 2.45) is 0 Å². The van der Waals surface area contributed by atoms with Crippen molar-refractivity contribution >= 4 is 40.1 Å². The lowest BCUT2D eigenvalue weighted by Gasteiger charge is -2.18. The van der Waals surface area contributed by atoms with Crippen LogP contribution in [-0.2, 0) is 24.4 Å². The number of aliphatic carboxylic acids is 1. The molecule has 0 spiro atoms. The Kier molecular flexibility index (Phi) is 8.18. The number of aromatic amines is 1. The third-order valence-corrected chi connectivity index (χ3v) is 6.22. The number of carboxylic acid groups (broad SMARTS) is 1. The summed E-state index contributed by atoms with van der Waals surface area (Å²) in [7, 11) is 0. The molecule has 0 saturated carbocycles. The van der Waals surface area contributed by atoms with Gasteiger partial charge in [-0.15, -0.1) is 0 Å². The van der Waals surface area contributed by atoms with Crippen LogP contribution in [0.4, 0.5) is 0 Å². The molecular weight excluding hydrogens is 487 g/mol. The molecule has 3 N–H and O–H groups in total. The number of ether oxygens (including phenoxy) is 2. The molecule has 1 atom stereocenters. The van der Waals surface area contributed by atoms with Gasteiger partial charge in [-0.1, -0.05) is 53.5 Å². The van der Waals surface area contributed by atoms with Gasteiger partial charge in [0.25, 0.3) is 0 Å². The van der Waals surface area contributed by atoms with Crippen molar-refractivity contribution < 1.29 is 19.4 Å². The zero-order chi connectivity index (χ0) is 24.8. The van der Waals surface area contributed by atoms with Crippen molar-refractivity contribution in [1.29, 1.82) is 0 Å². The highest BCUT2D eigenvalue weighted by molar-refractivity contribution is 6.31. The van der Waals surface area contributed by atoms with E-state index in [1.807, 2.05) is 55.6 Å². The van der Waals surface area contributed by atoms with E-state index in [9.17, 15) is 9.90 Å². The first-order chi connectivity index (χ1) is 16.9. The second-order valence-corrected chi connectivity index (χ2v) is 8.92. The third kappa shape index (κ3) is 6.28. The molecule has 0 bridgehead atoms. The lowest BCUT2D eigenvalue weighted by molar-refractivity contribution is -0.139. The Labute approximate surface area is 213 Å². The maximum atomic E-state index is 12.0. The van der Waals surface area contributed by atoms with Crippen molar-refractivity contribution in [2.75, 3.05) is 6.61 Å². The molecular formula is C27H26Cl2N2O4. The zero-order valence-electron chi connectivity index (χ0n) is 19.2. The van der Waals surface area contributed by atoms with Crippen molar-refractivity contribution in [3.8, 4) is 11.5 Å². The summed E-state index contributed by atoms with van der Waals surface area (Å²) in [6.45, 7) is 2.89. The highest BCUT2D eigenvalue weighted by Gasteiger charge is 2.20. The number of para-hydroxylation sites is 1. The van der Waals surface area contributed by atoms with Crippen molar-refractivity contribution in [1.82, 2.24) is 10.3 Å². The first kappa shape index (κ1) is 24.9. The van der Waals surface area contributed by atoms with Crippen LogP contribution < -0.4 is 14.8 Å². The van der Waals surface area contributed by atoms with Crippen LogP contribution in [-0.4, -0.2) is 28.7 Å². The molecule has 0 fully saturated rings. The van der Waals surface area contributed by atoms with E-state index in [4.69, 9.17) is 32.7 Å². The lowest BCUT2D eigenvalue weighted by atomic mass is 10.0. The standard InChI is InChI=1S/C27H26Cl2N2O4/c1-2-34-25-12-19(22(29)13-26(25)35-16-17-6-5-7-20(28)10-17)15-31-24(27(32)33)11-18-14-30-23-9-4-3-8-21(18)23/h3-10,12-14,24,30-31H,2,11,15-16H2,1H3,(H,32,33). The van der Waals surface area contributed by atoms with Gasteiger partial charge in [0.2, 0.25) is 0 Å². The highest BCUT2D eigenvalue weighted by atomic mass is 35.5. The summed E-state index contributed by atoms with van der Waals surface area (Å²) in [6, 6.07) is 17.9. The monoisotopic (exact) mass is 512 g/mol. The van der Waals surface area contributed by atoms with E-state index in [0.717, 1.165) is 27.6 Å². The number of fused-ring (bicyclic) bond motifs is 1. The first-order valence-electron chi connectivity index (χ1n) is 11.3. The number of aromatic nitrogens is 1. The molecule has 6 nitrogen and oxygen atoms in total. The van der Waals surface area contributed by atoms with Crippen LogP contribution in [0.15, 0.2) is 66.9 Å². The van der Waals surface area contributed by atoms with Gasteiger partial charge in [0.15, 0.2) is 11.5 Å². The summed E-state index contributed by atoms with van der Waals surface area (Å²) in [5, 5.41) is 15.0. The minimum atomic E-state index is -0.932. The molecule has 4 aromatic rings. The minimum Gasteiger partial charge on any atom is -0.490 e. The minimum absolute atomic E-state index is 0.257. The summed E-state index contributed by atoms with van der Waals surface area (Å²) in [5.74, 6) is 0.117. The van der Waals surface area contributed by atoms with Crippen LogP contribution in [0.2, 0.25) is 10.0 Å². The maximum Gasteiger partial charge on any atom is 0.321 e. The molecule has 0 amide bonds. The molecule has 3 aromatic carbocycles. The van der Waals surface area contributed by atoms with Gasteiger partial charge in [0.1, 0.15) is 12.6 Å². The van der Waals surface area contributed by atoms with E-state index >= 15 is 0 Å². The van der Waals surface area contributed by atoms with Gasteiger partial charge < -0.3 is 19.6 Å². The predicted molar refractivity (Wildman–Crippen MR) is 139 cm³/mol. The Bertz CT molecular complexity index is 1320. The second kappa shape index (κ2) is 11.5. The fraction of sp³-hybridized carbons (Fsp3) is 0.222. The van der Waals surface area contributed by atoms with E-state index < -0.39 is 12.0 Å². The fourth-order valence-electron chi connectivity index (χ4n) is 3.88. The van der Waals surface area contributed by atoms with Crippen LogP contribution >= 0.6 is 23.2 Å². The smallest absolute Gasteiger partial charge is 0.321 e. The van der Waals surface area contributed by atoms with E-state index in [0.29, 0.717) is 41.2 Å². The average Bonchev–Trinajstić information content (AvgIpc) is 3.25. The summed E-state index contributed by atoms with van der Waals surface area (Å²) < 4.78 is 11.7. The van der Waals surface area contributed by atoms with Gasteiger partial charge in [-0.25, -0.2) is 0 Å². The van der Waals surface area contributed by atoms with Gasteiger partial charge in [0, 0.05) is 46.2 Å². The van der Waals surface area contributed by atoms with Crippen LogP contribution in [0.5, 0.6) is 11.5 Å². The van der Waals surface area contributed by atoms with Crippen LogP contribution in [0.1, 0.15) is 23.6 Å². The number of halogens is 2. The van der Waals surface area contributed by atoms with Crippen molar-refractivity contribution in [2.45, 2.75) is 32.5 Å². The number of hydrogen-bond acceptors (Lipinski definition) is 4.